The van der Waals surface area contributed by atoms with E-state index in [0.29, 0.717) is 5.75 Å². The van der Waals surface area contributed by atoms with E-state index < -0.39 is 17.4 Å². The van der Waals surface area contributed by atoms with E-state index in [4.69, 9.17) is 4.74 Å². The summed E-state index contributed by atoms with van der Waals surface area (Å²) in [5.74, 6) is -1.55. The first-order valence-corrected chi connectivity index (χ1v) is 6.22. The molecule has 2 aromatic rings. The Morgan fingerprint density at radius 2 is 1.79 bits per heavy atom. The lowest BCUT2D eigenvalue weighted by molar-refractivity contribution is 0.0917. The van der Waals surface area contributed by atoms with Gasteiger partial charge in [0.15, 0.2) is 6.61 Å². The minimum absolute atomic E-state index is 0.308. The summed E-state index contributed by atoms with van der Waals surface area (Å²) >= 11 is 3.27. The van der Waals surface area contributed by atoms with E-state index in [1.54, 1.807) is 24.3 Å². The first-order valence-electron chi connectivity index (χ1n) is 5.43. The third-order valence-corrected chi connectivity index (χ3v) is 2.94. The third-order valence-electron chi connectivity index (χ3n) is 2.41. The monoisotopic (exact) mass is 326 g/mol. The van der Waals surface area contributed by atoms with Crippen molar-refractivity contribution in [3.63, 3.8) is 0 Å². The van der Waals surface area contributed by atoms with Crippen molar-refractivity contribution >= 4 is 21.7 Å². The summed E-state index contributed by atoms with van der Waals surface area (Å²) < 4.78 is 32.4. The second-order valence-electron chi connectivity index (χ2n) is 3.79. The summed E-state index contributed by atoms with van der Waals surface area (Å²) in [6.45, 7) is -0.345. The Morgan fingerprint density at radius 1 is 1.11 bits per heavy atom. The fourth-order valence-electron chi connectivity index (χ4n) is 1.47. The molecule has 5 heteroatoms. The number of ketones is 1. The number of halogens is 3. The highest BCUT2D eigenvalue weighted by atomic mass is 79.9. The lowest BCUT2D eigenvalue weighted by Gasteiger charge is -2.06. The molecule has 0 aliphatic heterocycles. The first-order chi connectivity index (χ1) is 9.06. The molecule has 0 aliphatic rings. The predicted molar refractivity (Wildman–Crippen MR) is 70.3 cm³/mol. The molecule has 0 amide bonds. The molecule has 0 bridgehead atoms. The number of hydrogen-bond donors (Lipinski definition) is 0. The zero-order chi connectivity index (χ0) is 13.8. The molecule has 0 fully saturated rings. The normalized spacial score (nSPS) is 10.3. The molecule has 2 aromatic carbocycles. The Bertz CT molecular complexity index is 597. The fraction of sp³-hybridized carbons (Fsp3) is 0.0714. The summed E-state index contributed by atoms with van der Waals surface area (Å²) in [6.07, 6.45) is 0. The summed E-state index contributed by atoms with van der Waals surface area (Å²) in [4.78, 5) is 11.7. The fourth-order valence-corrected chi connectivity index (χ4v) is 1.73. The molecule has 0 aliphatic carbocycles. The largest absolute Gasteiger partial charge is 0.485 e. The van der Waals surface area contributed by atoms with E-state index in [1.165, 1.54) is 0 Å². The number of rotatable bonds is 4. The van der Waals surface area contributed by atoms with Gasteiger partial charge in [-0.05, 0) is 42.5 Å². The van der Waals surface area contributed by atoms with Crippen LogP contribution in [0.25, 0.3) is 0 Å². The number of Topliss-reactive ketones (excluding diaryl/α,β-unsaturated/α-hetero) is 1. The van der Waals surface area contributed by atoms with E-state index >= 15 is 0 Å². The van der Waals surface area contributed by atoms with Gasteiger partial charge in [-0.25, -0.2) is 8.78 Å². The molecule has 0 unspecified atom stereocenters. The maximum Gasteiger partial charge on any atom is 0.203 e. The van der Waals surface area contributed by atoms with E-state index in [1.807, 2.05) is 0 Å². The molecule has 0 saturated heterocycles. The second-order valence-corrected chi connectivity index (χ2v) is 4.71. The number of hydrogen-bond acceptors (Lipinski definition) is 2. The molecule has 2 rings (SSSR count). The predicted octanol–water partition coefficient (Wildman–Crippen LogP) is 3.99. The lowest BCUT2D eigenvalue weighted by atomic mass is 10.1. The van der Waals surface area contributed by atoms with Gasteiger partial charge < -0.3 is 4.74 Å². The number of carbonyl (C=O) groups is 1. The number of ether oxygens (including phenoxy) is 1. The van der Waals surface area contributed by atoms with Crippen LogP contribution in [0.4, 0.5) is 8.78 Å². The molecule has 19 heavy (non-hydrogen) atoms. The average molecular weight is 327 g/mol. The van der Waals surface area contributed by atoms with E-state index in [2.05, 4.69) is 15.9 Å². The Morgan fingerprint density at radius 3 is 2.47 bits per heavy atom. The van der Waals surface area contributed by atoms with Gasteiger partial charge >= 0.3 is 0 Å². The third kappa shape index (κ3) is 3.61. The van der Waals surface area contributed by atoms with Crippen molar-refractivity contribution in [2.45, 2.75) is 0 Å². The van der Waals surface area contributed by atoms with Crippen LogP contribution < -0.4 is 4.74 Å². The standard InChI is InChI=1S/C14H9BrF2O2/c15-9-1-4-11(5-2-9)19-8-14(18)12-7-10(16)3-6-13(12)17/h1-7H,8H2. The molecule has 98 valence electrons. The highest BCUT2D eigenvalue weighted by Crippen LogP contribution is 2.17. The zero-order valence-electron chi connectivity index (χ0n) is 9.70. The molecule has 0 saturated carbocycles. The minimum Gasteiger partial charge on any atom is -0.485 e. The van der Waals surface area contributed by atoms with Crippen molar-refractivity contribution in [3.05, 3.63) is 64.1 Å². The van der Waals surface area contributed by atoms with Gasteiger partial charge in [0.05, 0.1) is 5.56 Å². The molecular weight excluding hydrogens is 318 g/mol. The van der Waals surface area contributed by atoms with Crippen LogP contribution in [0.15, 0.2) is 46.9 Å². The van der Waals surface area contributed by atoms with Gasteiger partial charge in [-0.2, -0.15) is 0 Å². The van der Waals surface area contributed by atoms with Gasteiger partial charge in [0.25, 0.3) is 0 Å². The Kier molecular flexibility index (Phi) is 4.27. The minimum atomic E-state index is -0.759. The van der Waals surface area contributed by atoms with E-state index in [9.17, 15) is 13.6 Å². The van der Waals surface area contributed by atoms with E-state index in [0.717, 1.165) is 22.7 Å². The molecule has 0 atom stereocenters. The molecule has 0 spiro atoms. The van der Waals surface area contributed by atoms with Crippen LogP contribution >= 0.6 is 15.9 Å². The summed E-state index contributed by atoms with van der Waals surface area (Å²) in [6, 6.07) is 9.58. The van der Waals surface area contributed by atoms with Gasteiger partial charge in [0, 0.05) is 4.47 Å². The van der Waals surface area contributed by atoms with Crippen molar-refractivity contribution in [1.82, 2.24) is 0 Å². The van der Waals surface area contributed by atoms with Crippen LogP contribution in [0.3, 0.4) is 0 Å². The molecule has 0 N–H and O–H groups in total. The van der Waals surface area contributed by atoms with Gasteiger partial charge in [-0.1, -0.05) is 15.9 Å². The summed E-state index contributed by atoms with van der Waals surface area (Å²) in [5.41, 5.74) is -0.308. The smallest absolute Gasteiger partial charge is 0.203 e. The maximum atomic E-state index is 13.3. The number of benzene rings is 2. The highest BCUT2D eigenvalue weighted by molar-refractivity contribution is 9.10. The number of carbonyl (C=O) groups excluding carboxylic acids is 1. The van der Waals surface area contributed by atoms with Crippen LogP contribution in [0, 0.1) is 11.6 Å². The Hall–Kier alpha value is -1.75. The SMILES string of the molecule is O=C(COc1ccc(Br)cc1)c1cc(F)ccc1F. The quantitative estimate of drug-likeness (QED) is 0.794. The van der Waals surface area contributed by atoms with Crippen LogP contribution in [0.2, 0.25) is 0 Å². The van der Waals surface area contributed by atoms with Crippen LogP contribution in [0.5, 0.6) is 5.75 Å². The van der Waals surface area contributed by atoms with Crippen molar-refractivity contribution < 1.29 is 18.3 Å². The maximum absolute atomic E-state index is 13.3. The van der Waals surface area contributed by atoms with Gasteiger partial charge in [0.2, 0.25) is 5.78 Å². The van der Waals surface area contributed by atoms with Crippen molar-refractivity contribution in [1.29, 1.82) is 0 Å². The summed E-state index contributed by atoms with van der Waals surface area (Å²) in [5, 5.41) is 0. The first kappa shape index (κ1) is 13.7. The molecule has 0 radical (unpaired) electrons. The van der Waals surface area contributed by atoms with Gasteiger partial charge in [-0.3, -0.25) is 4.79 Å². The van der Waals surface area contributed by atoms with Gasteiger partial charge in [-0.15, -0.1) is 0 Å². The van der Waals surface area contributed by atoms with Crippen molar-refractivity contribution in [2.75, 3.05) is 6.61 Å². The summed E-state index contributed by atoms with van der Waals surface area (Å²) in [7, 11) is 0. The van der Waals surface area contributed by atoms with Crippen LogP contribution in [-0.4, -0.2) is 12.4 Å². The van der Waals surface area contributed by atoms with E-state index in [-0.39, 0.29) is 12.2 Å². The van der Waals surface area contributed by atoms with Gasteiger partial charge in [0.1, 0.15) is 17.4 Å². The van der Waals surface area contributed by atoms with Crippen molar-refractivity contribution in [3.8, 4) is 5.75 Å². The Balaban J connectivity index is 2.05. The van der Waals surface area contributed by atoms with Crippen molar-refractivity contribution in [2.24, 2.45) is 0 Å². The molecule has 2 nitrogen and oxygen atoms in total. The van der Waals surface area contributed by atoms with Crippen LogP contribution in [0.1, 0.15) is 10.4 Å². The molecule has 0 aromatic heterocycles. The Labute approximate surface area is 117 Å². The lowest BCUT2D eigenvalue weighted by Crippen LogP contribution is -2.13. The molecular formula is C14H9BrF2O2. The zero-order valence-corrected chi connectivity index (χ0v) is 11.3. The van der Waals surface area contributed by atoms with Crippen LogP contribution in [-0.2, 0) is 0 Å². The topological polar surface area (TPSA) is 26.3 Å². The second kappa shape index (κ2) is 5.93. The molecule has 0 heterocycles. The average Bonchev–Trinajstić information content (AvgIpc) is 2.40. The highest BCUT2D eigenvalue weighted by Gasteiger charge is 2.13.